The number of pyridine rings is 1. The molecule has 2 fully saturated rings. The second-order valence-electron chi connectivity index (χ2n) is 5.68. The zero-order chi connectivity index (χ0) is 12.5. The summed E-state index contributed by atoms with van der Waals surface area (Å²) in [6.07, 6.45) is 8.86. The van der Waals surface area contributed by atoms with Crippen molar-refractivity contribution in [2.24, 2.45) is 5.92 Å². The van der Waals surface area contributed by atoms with Gasteiger partial charge in [0.05, 0.1) is 5.88 Å². The third-order valence-electron chi connectivity index (χ3n) is 4.55. The van der Waals surface area contributed by atoms with E-state index in [1.807, 2.05) is 6.20 Å². The average Bonchev–Trinajstić information content (AvgIpc) is 2.86. The summed E-state index contributed by atoms with van der Waals surface area (Å²) >= 11 is 6.08. The smallest absolute Gasteiger partial charge is 0.0509 e. The van der Waals surface area contributed by atoms with E-state index in [4.69, 9.17) is 11.6 Å². The summed E-state index contributed by atoms with van der Waals surface area (Å²) in [4.78, 5) is 7.00. The fourth-order valence-corrected chi connectivity index (χ4v) is 3.90. The number of piperidine rings is 1. The molecule has 2 atom stereocenters. The Balaban J connectivity index is 1.95. The van der Waals surface area contributed by atoms with Crippen LogP contribution in [0.15, 0.2) is 12.3 Å². The van der Waals surface area contributed by atoms with E-state index in [1.54, 1.807) is 0 Å². The topological polar surface area (TPSA) is 16.1 Å². The molecule has 1 aromatic rings. The fraction of sp³-hybridized carbons (Fsp3) is 0.667. The molecular weight excluding hydrogens is 244 g/mol. The van der Waals surface area contributed by atoms with Crippen LogP contribution in [-0.2, 0) is 5.88 Å². The van der Waals surface area contributed by atoms with Gasteiger partial charge in [-0.2, -0.15) is 0 Å². The molecule has 0 aromatic carbocycles. The highest BCUT2D eigenvalue weighted by Gasteiger charge is 2.35. The number of anilines is 1. The molecule has 0 spiro atoms. The van der Waals surface area contributed by atoms with Crippen LogP contribution in [0.25, 0.3) is 0 Å². The first kappa shape index (κ1) is 12.3. The van der Waals surface area contributed by atoms with Gasteiger partial charge in [0.1, 0.15) is 0 Å². The van der Waals surface area contributed by atoms with E-state index in [2.05, 4.69) is 22.9 Å². The maximum Gasteiger partial charge on any atom is 0.0509 e. The van der Waals surface area contributed by atoms with Crippen molar-refractivity contribution in [2.75, 3.05) is 11.4 Å². The van der Waals surface area contributed by atoms with Gasteiger partial charge < -0.3 is 4.90 Å². The SMILES string of the molecule is Cc1cc(N2CCCC3CCCC32)c(CCl)cn1. The molecule has 1 saturated carbocycles. The van der Waals surface area contributed by atoms with Crippen LogP contribution in [0.4, 0.5) is 5.69 Å². The van der Waals surface area contributed by atoms with E-state index >= 15 is 0 Å². The molecular formula is C15H21ClN2. The van der Waals surface area contributed by atoms with Gasteiger partial charge in [0, 0.05) is 35.7 Å². The number of halogens is 1. The zero-order valence-electron chi connectivity index (χ0n) is 11.0. The fourth-order valence-electron chi connectivity index (χ4n) is 3.70. The minimum absolute atomic E-state index is 0.566. The van der Waals surface area contributed by atoms with Gasteiger partial charge >= 0.3 is 0 Å². The molecule has 3 rings (SSSR count). The highest BCUT2D eigenvalue weighted by molar-refractivity contribution is 6.17. The lowest BCUT2D eigenvalue weighted by Gasteiger charge is -2.40. The molecule has 18 heavy (non-hydrogen) atoms. The first-order chi connectivity index (χ1) is 8.79. The Kier molecular flexibility index (Phi) is 3.47. The Morgan fingerprint density at radius 1 is 1.33 bits per heavy atom. The van der Waals surface area contributed by atoms with Crippen LogP contribution in [-0.4, -0.2) is 17.6 Å². The lowest BCUT2D eigenvalue weighted by atomic mass is 9.91. The summed E-state index contributed by atoms with van der Waals surface area (Å²) < 4.78 is 0. The molecule has 1 saturated heterocycles. The number of fused-ring (bicyclic) bond motifs is 1. The van der Waals surface area contributed by atoms with E-state index in [1.165, 1.54) is 49.9 Å². The minimum Gasteiger partial charge on any atom is -0.368 e. The van der Waals surface area contributed by atoms with Gasteiger partial charge in [-0.1, -0.05) is 6.42 Å². The van der Waals surface area contributed by atoms with Crippen LogP contribution < -0.4 is 4.90 Å². The van der Waals surface area contributed by atoms with Gasteiger partial charge in [0.25, 0.3) is 0 Å². The highest BCUT2D eigenvalue weighted by Crippen LogP contribution is 2.40. The Labute approximate surface area is 114 Å². The predicted octanol–water partition coefficient (Wildman–Crippen LogP) is 3.90. The number of aryl methyl sites for hydroxylation is 1. The first-order valence-electron chi connectivity index (χ1n) is 7.07. The van der Waals surface area contributed by atoms with Crippen molar-refractivity contribution in [3.63, 3.8) is 0 Å². The van der Waals surface area contributed by atoms with Gasteiger partial charge in [-0.15, -0.1) is 11.6 Å². The molecule has 0 bridgehead atoms. The molecule has 2 nitrogen and oxygen atoms in total. The first-order valence-corrected chi connectivity index (χ1v) is 7.61. The van der Waals surface area contributed by atoms with E-state index in [9.17, 15) is 0 Å². The lowest BCUT2D eigenvalue weighted by Crippen LogP contribution is -2.43. The standard InChI is InChI=1S/C15H21ClN2/c1-11-8-15(13(9-16)10-17-11)18-7-3-5-12-4-2-6-14(12)18/h8,10,12,14H,2-7,9H2,1H3. The normalized spacial score (nSPS) is 27.3. The van der Waals surface area contributed by atoms with Crippen molar-refractivity contribution in [3.05, 3.63) is 23.5 Å². The molecule has 1 aromatic heterocycles. The highest BCUT2D eigenvalue weighted by atomic mass is 35.5. The van der Waals surface area contributed by atoms with Crippen LogP contribution in [0.2, 0.25) is 0 Å². The zero-order valence-corrected chi connectivity index (χ0v) is 11.8. The summed E-state index contributed by atoms with van der Waals surface area (Å²) in [5.41, 5.74) is 3.63. The maximum atomic E-state index is 6.08. The van der Waals surface area contributed by atoms with Crippen molar-refractivity contribution in [2.45, 2.75) is 50.9 Å². The average molecular weight is 265 g/mol. The summed E-state index contributed by atoms with van der Waals surface area (Å²) in [7, 11) is 0. The van der Waals surface area contributed by atoms with Crippen LogP contribution in [0, 0.1) is 12.8 Å². The molecule has 98 valence electrons. The van der Waals surface area contributed by atoms with Crippen molar-refractivity contribution in [1.29, 1.82) is 0 Å². The number of alkyl halides is 1. The summed E-state index contributed by atoms with van der Waals surface area (Å²) in [6, 6.07) is 2.97. The second-order valence-corrected chi connectivity index (χ2v) is 5.95. The van der Waals surface area contributed by atoms with Crippen molar-refractivity contribution in [3.8, 4) is 0 Å². The van der Waals surface area contributed by atoms with Crippen LogP contribution in [0.5, 0.6) is 0 Å². The van der Waals surface area contributed by atoms with Crippen LogP contribution in [0.1, 0.15) is 43.4 Å². The molecule has 2 aliphatic rings. The Bertz CT molecular complexity index is 433. The van der Waals surface area contributed by atoms with Crippen LogP contribution >= 0.6 is 11.6 Å². The van der Waals surface area contributed by atoms with Gasteiger partial charge in [0.2, 0.25) is 0 Å². The maximum absolute atomic E-state index is 6.08. The largest absolute Gasteiger partial charge is 0.368 e. The number of rotatable bonds is 2. The second kappa shape index (κ2) is 5.08. The lowest BCUT2D eigenvalue weighted by molar-refractivity contribution is 0.362. The molecule has 0 N–H and O–H groups in total. The Morgan fingerprint density at radius 3 is 3.00 bits per heavy atom. The molecule has 3 heteroatoms. The summed E-state index contributed by atoms with van der Waals surface area (Å²) in [6.45, 7) is 3.26. The van der Waals surface area contributed by atoms with E-state index in [0.29, 0.717) is 5.88 Å². The van der Waals surface area contributed by atoms with Crippen LogP contribution in [0.3, 0.4) is 0 Å². The van der Waals surface area contributed by atoms with Gasteiger partial charge in [-0.25, -0.2) is 0 Å². The third-order valence-corrected chi connectivity index (χ3v) is 4.83. The van der Waals surface area contributed by atoms with Crippen molar-refractivity contribution < 1.29 is 0 Å². The molecule has 0 amide bonds. The number of nitrogens with zero attached hydrogens (tertiary/aromatic N) is 2. The van der Waals surface area contributed by atoms with E-state index < -0.39 is 0 Å². The van der Waals surface area contributed by atoms with Crippen molar-refractivity contribution in [1.82, 2.24) is 4.98 Å². The number of hydrogen-bond donors (Lipinski definition) is 0. The predicted molar refractivity (Wildman–Crippen MR) is 76.2 cm³/mol. The quantitative estimate of drug-likeness (QED) is 0.753. The monoisotopic (exact) mass is 264 g/mol. The Morgan fingerprint density at radius 2 is 2.17 bits per heavy atom. The number of hydrogen-bond acceptors (Lipinski definition) is 2. The Hall–Kier alpha value is -0.760. The van der Waals surface area contributed by atoms with Gasteiger partial charge in [0.15, 0.2) is 0 Å². The third kappa shape index (κ3) is 2.11. The molecule has 1 aliphatic heterocycles. The minimum atomic E-state index is 0.566. The number of aromatic nitrogens is 1. The summed E-state index contributed by atoms with van der Waals surface area (Å²) in [5, 5.41) is 0. The van der Waals surface area contributed by atoms with E-state index in [-0.39, 0.29) is 0 Å². The molecule has 1 aliphatic carbocycles. The van der Waals surface area contributed by atoms with E-state index in [0.717, 1.165) is 17.7 Å². The van der Waals surface area contributed by atoms with Gasteiger partial charge in [-0.05, 0) is 44.6 Å². The van der Waals surface area contributed by atoms with Gasteiger partial charge in [-0.3, -0.25) is 4.98 Å². The van der Waals surface area contributed by atoms with Crippen molar-refractivity contribution >= 4 is 17.3 Å². The summed E-state index contributed by atoms with van der Waals surface area (Å²) in [5.74, 6) is 1.48. The molecule has 2 heterocycles. The molecule has 0 radical (unpaired) electrons. The molecule has 2 unspecified atom stereocenters.